The van der Waals surface area contributed by atoms with Crippen molar-refractivity contribution < 1.29 is 0 Å². The summed E-state index contributed by atoms with van der Waals surface area (Å²) in [6.07, 6.45) is 0.0305. The fourth-order valence-corrected chi connectivity index (χ4v) is 3.53. The predicted octanol–water partition coefficient (Wildman–Crippen LogP) is 5.77. The van der Waals surface area contributed by atoms with Crippen molar-refractivity contribution in [1.82, 2.24) is 10.4 Å². The van der Waals surface area contributed by atoms with Crippen LogP contribution in [0.25, 0.3) is 0 Å². The zero-order chi connectivity index (χ0) is 18.9. The fraction of sp³-hybridized carbons (Fsp3) is 0.381. The molecule has 0 bridgehead atoms. The van der Waals surface area contributed by atoms with E-state index < -0.39 is 0 Å². The van der Waals surface area contributed by atoms with E-state index in [9.17, 15) is 0 Å². The van der Waals surface area contributed by atoms with Gasteiger partial charge in [-0.25, -0.2) is 4.99 Å². The van der Waals surface area contributed by atoms with Crippen LogP contribution in [0.2, 0.25) is 10.0 Å². The lowest BCUT2D eigenvalue weighted by Gasteiger charge is -2.35. The third-order valence-corrected chi connectivity index (χ3v) is 5.41. The molecular weight excluding hydrogens is 365 g/mol. The average molecular weight is 390 g/mol. The Morgan fingerprint density at radius 3 is 2.27 bits per heavy atom. The second kappa shape index (κ2) is 7.59. The highest BCUT2D eigenvalue weighted by atomic mass is 35.5. The van der Waals surface area contributed by atoms with Crippen molar-refractivity contribution in [2.75, 3.05) is 0 Å². The number of halogens is 2. The zero-order valence-corrected chi connectivity index (χ0v) is 17.1. The second-order valence-electron chi connectivity index (χ2n) is 7.93. The minimum atomic E-state index is 0.0305. The molecule has 0 aliphatic carbocycles. The number of hydrazine groups is 1. The molecule has 3 rings (SSSR count). The van der Waals surface area contributed by atoms with E-state index in [0.717, 1.165) is 17.9 Å². The summed E-state index contributed by atoms with van der Waals surface area (Å²) in [5.41, 5.74) is 5.76. The summed E-state index contributed by atoms with van der Waals surface area (Å²) in [5, 5.41) is 3.42. The topological polar surface area (TPSA) is 27.6 Å². The highest BCUT2D eigenvalue weighted by Crippen LogP contribution is 2.34. The van der Waals surface area contributed by atoms with Crippen molar-refractivity contribution in [3.63, 3.8) is 0 Å². The van der Waals surface area contributed by atoms with Crippen molar-refractivity contribution in [1.29, 1.82) is 0 Å². The van der Waals surface area contributed by atoms with E-state index >= 15 is 0 Å². The Morgan fingerprint density at radius 1 is 1.08 bits per heavy atom. The van der Waals surface area contributed by atoms with Gasteiger partial charge in [0.15, 0.2) is 0 Å². The van der Waals surface area contributed by atoms with Crippen LogP contribution in [0.1, 0.15) is 38.8 Å². The van der Waals surface area contributed by atoms with E-state index in [1.165, 1.54) is 5.56 Å². The Balaban J connectivity index is 1.92. The summed E-state index contributed by atoms with van der Waals surface area (Å²) in [6.45, 7) is 9.78. The molecule has 0 aromatic heterocycles. The number of amidine groups is 1. The van der Waals surface area contributed by atoms with Gasteiger partial charge in [-0.05, 0) is 35.1 Å². The average Bonchev–Trinajstić information content (AvgIpc) is 2.97. The number of nitrogens with zero attached hydrogens (tertiary/aromatic N) is 2. The largest absolute Gasteiger partial charge is 0.301 e. The van der Waals surface area contributed by atoms with Crippen LogP contribution in [0.15, 0.2) is 53.5 Å². The van der Waals surface area contributed by atoms with Gasteiger partial charge in [0.25, 0.3) is 0 Å². The molecule has 0 amide bonds. The van der Waals surface area contributed by atoms with Gasteiger partial charge in [0.2, 0.25) is 0 Å². The predicted molar refractivity (Wildman–Crippen MR) is 111 cm³/mol. The molecule has 1 heterocycles. The molecule has 26 heavy (non-hydrogen) atoms. The molecule has 3 nitrogen and oxygen atoms in total. The molecule has 0 saturated heterocycles. The zero-order valence-electron chi connectivity index (χ0n) is 15.6. The van der Waals surface area contributed by atoms with Crippen LogP contribution in [0.3, 0.4) is 0 Å². The van der Waals surface area contributed by atoms with E-state index in [4.69, 9.17) is 28.2 Å². The quantitative estimate of drug-likeness (QED) is 0.718. The first kappa shape index (κ1) is 19.2. The summed E-state index contributed by atoms with van der Waals surface area (Å²) in [5.74, 6) is 1.16. The maximum atomic E-state index is 6.19. The van der Waals surface area contributed by atoms with Gasteiger partial charge in [-0.3, -0.25) is 0 Å². The lowest BCUT2D eigenvalue weighted by Crippen LogP contribution is -2.45. The Labute approximate surface area is 166 Å². The standard InChI is InChI=1S/C21H25Cl2N3/c1-14(21(2,3)4)20-24-19(16-10-17(22)12-18(23)11-16)25-26(20)13-15-8-6-5-7-9-15/h5-12,14,20H,13H2,1-4H3,(H,24,25)/t14-,20?/m0/s1. The van der Waals surface area contributed by atoms with Crippen LogP contribution < -0.4 is 5.43 Å². The van der Waals surface area contributed by atoms with E-state index in [1.54, 1.807) is 6.07 Å². The summed E-state index contributed by atoms with van der Waals surface area (Å²) in [6, 6.07) is 15.9. The molecular formula is C21H25Cl2N3. The normalized spacial score (nSPS) is 19.2. The monoisotopic (exact) mass is 389 g/mol. The SMILES string of the molecule is C[C@@H](C1N=C(c2cc(Cl)cc(Cl)c2)NN1Cc1ccccc1)C(C)(C)C. The minimum Gasteiger partial charge on any atom is -0.301 e. The number of hydrogen-bond acceptors (Lipinski definition) is 3. The number of benzene rings is 2. The van der Waals surface area contributed by atoms with Gasteiger partial charge in [0.05, 0.1) is 0 Å². The Hall–Kier alpha value is -1.55. The first-order valence-electron chi connectivity index (χ1n) is 8.85. The van der Waals surface area contributed by atoms with Gasteiger partial charge in [0, 0.05) is 22.2 Å². The molecule has 2 atom stereocenters. The van der Waals surface area contributed by atoms with Crippen LogP contribution in [0.4, 0.5) is 0 Å². The number of hydrogen-bond donors (Lipinski definition) is 1. The molecule has 1 N–H and O–H groups in total. The van der Waals surface area contributed by atoms with Crippen LogP contribution in [-0.2, 0) is 6.54 Å². The first-order chi connectivity index (χ1) is 12.2. The van der Waals surface area contributed by atoms with Gasteiger partial charge in [0.1, 0.15) is 12.0 Å². The molecule has 5 heteroatoms. The van der Waals surface area contributed by atoms with Crippen molar-refractivity contribution in [3.05, 3.63) is 69.7 Å². The van der Waals surface area contributed by atoms with Crippen LogP contribution in [0.5, 0.6) is 0 Å². The lowest BCUT2D eigenvalue weighted by atomic mass is 9.80. The summed E-state index contributed by atoms with van der Waals surface area (Å²) in [7, 11) is 0. The molecule has 0 radical (unpaired) electrons. The molecule has 138 valence electrons. The highest BCUT2D eigenvalue weighted by molar-refractivity contribution is 6.35. The Kier molecular flexibility index (Phi) is 5.61. The van der Waals surface area contributed by atoms with Crippen molar-refractivity contribution in [3.8, 4) is 0 Å². The number of nitrogens with one attached hydrogen (secondary N) is 1. The molecule has 2 aromatic rings. The molecule has 1 aliphatic rings. The second-order valence-corrected chi connectivity index (χ2v) is 8.80. The van der Waals surface area contributed by atoms with E-state index in [0.29, 0.717) is 16.0 Å². The summed E-state index contributed by atoms with van der Waals surface area (Å²) < 4.78 is 0. The van der Waals surface area contributed by atoms with E-state index in [2.05, 4.69) is 62.4 Å². The van der Waals surface area contributed by atoms with Gasteiger partial charge in [-0.1, -0.05) is 81.2 Å². The number of rotatable bonds is 4. The van der Waals surface area contributed by atoms with Gasteiger partial charge >= 0.3 is 0 Å². The fourth-order valence-electron chi connectivity index (χ4n) is 3.00. The molecule has 0 saturated carbocycles. The lowest BCUT2D eigenvalue weighted by molar-refractivity contribution is 0.0797. The molecule has 0 fully saturated rings. The third kappa shape index (κ3) is 4.40. The summed E-state index contributed by atoms with van der Waals surface area (Å²) >= 11 is 12.4. The minimum absolute atomic E-state index is 0.0305. The van der Waals surface area contributed by atoms with Gasteiger partial charge < -0.3 is 5.43 Å². The first-order valence-corrected chi connectivity index (χ1v) is 9.61. The molecule has 2 aromatic carbocycles. The van der Waals surface area contributed by atoms with Crippen molar-refractivity contribution in [2.45, 2.75) is 40.4 Å². The van der Waals surface area contributed by atoms with Crippen LogP contribution in [-0.4, -0.2) is 17.0 Å². The van der Waals surface area contributed by atoms with Crippen molar-refractivity contribution >= 4 is 29.0 Å². The summed E-state index contributed by atoms with van der Waals surface area (Å²) in [4.78, 5) is 5.00. The van der Waals surface area contributed by atoms with E-state index in [1.807, 2.05) is 18.2 Å². The molecule has 1 aliphatic heterocycles. The molecule has 1 unspecified atom stereocenters. The third-order valence-electron chi connectivity index (χ3n) is 4.98. The number of aliphatic imine (C=N–C) groups is 1. The van der Waals surface area contributed by atoms with Crippen LogP contribution >= 0.6 is 23.2 Å². The maximum absolute atomic E-state index is 6.19. The Morgan fingerprint density at radius 2 is 1.69 bits per heavy atom. The highest BCUT2D eigenvalue weighted by Gasteiger charge is 2.36. The van der Waals surface area contributed by atoms with Crippen LogP contribution in [0, 0.1) is 11.3 Å². The maximum Gasteiger partial charge on any atom is 0.144 e. The van der Waals surface area contributed by atoms with Gasteiger partial charge in [-0.2, -0.15) is 5.01 Å². The van der Waals surface area contributed by atoms with Crippen molar-refractivity contribution in [2.24, 2.45) is 16.3 Å². The smallest absolute Gasteiger partial charge is 0.144 e. The van der Waals surface area contributed by atoms with E-state index in [-0.39, 0.29) is 11.6 Å². The molecule has 0 spiro atoms. The van der Waals surface area contributed by atoms with Gasteiger partial charge in [-0.15, -0.1) is 0 Å². The Bertz CT molecular complexity index is 776.